The normalized spacial score (nSPS) is 16.3. The Morgan fingerprint density at radius 2 is 2.17 bits per heavy atom. The number of imidazole rings is 1. The number of aromatic nitrogens is 2. The molecule has 2 rings (SSSR count). The molecule has 0 bridgehead atoms. The van der Waals surface area contributed by atoms with Crippen molar-refractivity contribution in [3.05, 3.63) is 18.2 Å². The van der Waals surface area contributed by atoms with E-state index in [-0.39, 0.29) is 11.9 Å². The molecule has 7 heteroatoms. The number of ether oxygens (including phenoxy) is 1. The van der Waals surface area contributed by atoms with Crippen molar-refractivity contribution in [1.29, 1.82) is 0 Å². The smallest absolute Gasteiger partial charge is 0.308 e. The first-order valence-electron chi connectivity index (χ1n) is 8.67. The van der Waals surface area contributed by atoms with Gasteiger partial charge in [0.1, 0.15) is 5.82 Å². The number of hydrogen-bond donors (Lipinski definition) is 1. The first-order chi connectivity index (χ1) is 11.7. The summed E-state index contributed by atoms with van der Waals surface area (Å²) >= 11 is 0. The molecule has 1 aromatic heterocycles. The summed E-state index contributed by atoms with van der Waals surface area (Å²) in [5.41, 5.74) is 0. The molecule has 24 heavy (non-hydrogen) atoms. The van der Waals surface area contributed by atoms with Crippen LogP contribution in [-0.2, 0) is 16.1 Å². The Bertz CT molecular complexity index is 547. The van der Waals surface area contributed by atoms with E-state index in [9.17, 15) is 4.79 Å². The molecule has 1 aromatic rings. The van der Waals surface area contributed by atoms with Crippen LogP contribution in [0.3, 0.4) is 0 Å². The van der Waals surface area contributed by atoms with Crippen LogP contribution >= 0.6 is 0 Å². The second-order valence-corrected chi connectivity index (χ2v) is 6.13. The fraction of sp³-hybridized carbons (Fsp3) is 0.706. The molecule has 0 atom stereocenters. The van der Waals surface area contributed by atoms with Gasteiger partial charge in [0.05, 0.1) is 13.0 Å². The number of guanidine groups is 1. The van der Waals surface area contributed by atoms with Crippen LogP contribution in [0.15, 0.2) is 17.4 Å². The second kappa shape index (κ2) is 9.30. The topological polar surface area (TPSA) is 71.8 Å². The number of hydrogen-bond acceptors (Lipinski definition) is 4. The van der Waals surface area contributed by atoms with Crippen LogP contribution in [-0.4, -0.2) is 60.2 Å². The average Bonchev–Trinajstić information content (AvgIpc) is 3.02. The minimum absolute atomic E-state index is 0.0303. The lowest BCUT2D eigenvalue weighted by atomic mass is 9.97. The SMILES string of the molecule is CN=C(NCCCCn1ccnc1C)N1CCC(C(=O)OC)CC1. The van der Waals surface area contributed by atoms with Gasteiger partial charge < -0.3 is 19.5 Å². The molecular weight excluding hydrogens is 306 g/mol. The Morgan fingerprint density at radius 1 is 1.42 bits per heavy atom. The minimum Gasteiger partial charge on any atom is -0.469 e. The van der Waals surface area contributed by atoms with Crippen LogP contribution in [0.5, 0.6) is 0 Å². The first kappa shape index (κ1) is 18.3. The number of unbranched alkanes of at least 4 members (excludes halogenated alkanes) is 1. The van der Waals surface area contributed by atoms with Gasteiger partial charge in [0, 0.05) is 45.6 Å². The van der Waals surface area contributed by atoms with Crippen LogP contribution in [0.2, 0.25) is 0 Å². The molecule has 0 spiro atoms. The van der Waals surface area contributed by atoms with E-state index in [0.29, 0.717) is 0 Å². The molecule has 0 aromatic carbocycles. The summed E-state index contributed by atoms with van der Waals surface area (Å²) in [6.45, 7) is 5.60. The summed E-state index contributed by atoms with van der Waals surface area (Å²) in [6.07, 6.45) is 7.70. The van der Waals surface area contributed by atoms with Crippen molar-refractivity contribution in [3.8, 4) is 0 Å². The molecule has 0 radical (unpaired) electrons. The summed E-state index contributed by atoms with van der Waals surface area (Å²) in [5.74, 6) is 1.93. The first-order valence-corrected chi connectivity index (χ1v) is 8.67. The van der Waals surface area contributed by atoms with E-state index in [1.807, 2.05) is 26.4 Å². The van der Waals surface area contributed by atoms with E-state index < -0.39 is 0 Å². The number of likely N-dealkylation sites (tertiary alicyclic amines) is 1. The van der Waals surface area contributed by atoms with Crippen LogP contribution in [0.25, 0.3) is 0 Å². The number of rotatable bonds is 6. The van der Waals surface area contributed by atoms with Crippen molar-refractivity contribution in [2.24, 2.45) is 10.9 Å². The molecule has 1 aliphatic heterocycles. The molecule has 1 fully saturated rings. The second-order valence-electron chi connectivity index (χ2n) is 6.13. The van der Waals surface area contributed by atoms with Crippen LogP contribution in [0, 0.1) is 12.8 Å². The van der Waals surface area contributed by atoms with Crippen molar-refractivity contribution in [3.63, 3.8) is 0 Å². The van der Waals surface area contributed by atoms with Gasteiger partial charge in [-0.05, 0) is 32.6 Å². The van der Waals surface area contributed by atoms with Gasteiger partial charge in [-0.25, -0.2) is 4.98 Å². The predicted molar refractivity (Wildman–Crippen MR) is 93.9 cm³/mol. The Balaban J connectivity index is 1.66. The molecular formula is C17H29N5O2. The summed E-state index contributed by atoms with van der Waals surface area (Å²) in [5, 5.41) is 3.43. The van der Waals surface area contributed by atoms with Gasteiger partial charge in [0.15, 0.2) is 5.96 Å². The molecule has 1 saturated heterocycles. The average molecular weight is 335 g/mol. The lowest BCUT2D eigenvalue weighted by Crippen LogP contribution is -2.46. The van der Waals surface area contributed by atoms with E-state index in [1.165, 1.54) is 7.11 Å². The maximum absolute atomic E-state index is 11.6. The van der Waals surface area contributed by atoms with Crippen molar-refractivity contribution in [2.45, 2.75) is 39.2 Å². The number of esters is 1. The molecule has 2 heterocycles. The van der Waals surface area contributed by atoms with E-state index >= 15 is 0 Å². The standard InChI is InChI=1S/C17H29N5O2/c1-14-19-9-13-21(14)10-5-4-8-20-17(18-2)22-11-6-15(7-12-22)16(23)24-3/h9,13,15H,4-8,10-12H2,1-3H3,(H,18,20). The third-order valence-corrected chi connectivity index (χ3v) is 4.57. The zero-order valence-corrected chi connectivity index (χ0v) is 15.0. The molecule has 0 amide bonds. The van der Waals surface area contributed by atoms with Crippen LogP contribution in [0.1, 0.15) is 31.5 Å². The summed E-state index contributed by atoms with van der Waals surface area (Å²) in [6, 6.07) is 0. The highest BCUT2D eigenvalue weighted by Crippen LogP contribution is 2.18. The molecule has 0 aliphatic carbocycles. The molecule has 0 saturated carbocycles. The van der Waals surface area contributed by atoms with Crippen molar-refractivity contribution < 1.29 is 9.53 Å². The van der Waals surface area contributed by atoms with Crippen LogP contribution in [0.4, 0.5) is 0 Å². The number of piperidine rings is 1. The molecule has 0 unspecified atom stereocenters. The lowest BCUT2D eigenvalue weighted by Gasteiger charge is -2.33. The van der Waals surface area contributed by atoms with Crippen molar-refractivity contribution in [2.75, 3.05) is 33.8 Å². The highest BCUT2D eigenvalue weighted by atomic mass is 16.5. The van der Waals surface area contributed by atoms with Gasteiger partial charge in [-0.15, -0.1) is 0 Å². The largest absolute Gasteiger partial charge is 0.469 e. The third kappa shape index (κ3) is 4.97. The number of nitrogens with zero attached hydrogens (tertiary/aromatic N) is 4. The van der Waals surface area contributed by atoms with E-state index in [2.05, 4.69) is 24.8 Å². The number of aliphatic imine (C=N–C) groups is 1. The molecule has 1 aliphatic rings. The summed E-state index contributed by atoms with van der Waals surface area (Å²) in [4.78, 5) is 22.4. The van der Waals surface area contributed by atoms with Gasteiger partial charge in [-0.2, -0.15) is 0 Å². The van der Waals surface area contributed by atoms with Gasteiger partial charge in [-0.3, -0.25) is 9.79 Å². The Kier molecular flexibility index (Phi) is 7.08. The third-order valence-electron chi connectivity index (χ3n) is 4.57. The van der Waals surface area contributed by atoms with Gasteiger partial charge >= 0.3 is 5.97 Å². The van der Waals surface area contributed by atoms with Crippen LogP contribution < -0.4 is 5.32 Å². The van der Waals surface area contributed by atoms with E-state index in [0.717, 1.165) is 63.6 Å². The van der Waals surface area contributed by atoms with Gasteiger partial charge in [0.25, 0.3) is 0 Å². The fourth-order valence-electron chi connectivity index (χ4n) is 3.07. The quantitative estimate of drug-likeness (QED) is 0.368. The van der Waals surface area contributed by atoms with E-state index in [1.54, 1.807) is 0 Å². The zero-order valence-electron chi connectivity index (χ0n) is 15.0. The zero-order chi connectivity index (χ0) is 17.4. The van der Waals surface area contributed by atoms with Crippen molar-refractivity contribution >= 4 is 11.9 Å². The molecule has 1 N–H and O–H groups in total. The summed E-state index contributed by atoms with van der Waals surface area (Å²) in [7, 11) is 3.27. The Labute approximate surface area is 144 Å². The highest BCUT2D eigenvalue weighted by Gasteiger charge is 2.26. The van der Waals surface area contributed by atoms with E-state index in [4.69, 9.17) is 4.74 Å². The fourth-order valence-corrected chi connectivity index (χ4v) is 3.07. The maximum Gasteiger partial charge on any atom is 0.308 e. The highest BCUT2D eigenvalue weighted by molar-refractivity contribution is 5.80. The van der Waals surface area contributed by atoms with Crippen molar-refractivity contribution in [1.82, 2.24) is 19.8 Å². The predicted octanol–water partition coefficient (Wildman–Crippen LogP) is 1.43. The monoisotopic (exact) mass is 335 g/mol. The number of aryl methyl sites for hydroxylation is 2. The van der Waals surface area contributed by atoms with Gasteiger partial charge in [0.2, 0.25) is 0 Å². The molecule has 7 nitrogen and oxygen atoms in total. The number of carbonyl (C=O) groups excluding carboxylic acids is 1. The summed E-state index contributed by atoms with van der Waals surface area (Å²) < 4.78 is 7.01. The maximum atomic E-state index is 11.6. The minimum atomic E-state index is -0.0904. The molecule has 134 valence electrons. The lowest BCUT2D eigenvalue weighted by molar-refractivity contribution is -0.146. The Hall–Kier alpha value is -2.05. The number of carbonyl (C=O) groups is 1. The Morgan fingerprint density at radius 3 is 2.75 bits per heavy atom. The van der Waals surface area contributed by atoms with Gasteiger partial charge in [-0.1, -0.05) is 0 Å². The number of nitrogens with one attached hydrogen (secondary N) is 1. The number of methoxy groups -OCH3 is 1.